The molecule has 0 bridgehead atoms. The van der Waals surface area contributed by atoms with E-state index in [9.17, 15) is 14.7 Å². The minimum Gasteiger partial charge on any atom is -0.496 e. The monoisotopic (exact) mass is 263 g/mol. The molecule has 2 N–H and O–H groups in total. The zero-order valence-corrected chi connectivity index (χ0v) is 11.0. The summed E-state index contributed by atoms with van der Waals surface area (Å²) in [7, 11) is 1.56. The fourth-order valence-electron chi connectivity index (χ4n) is 2.68. The topological polar surface area (TPSA) is 75.6 Å². The van der Waals surface area contributed by atoms with E-state index in [1.807, 2.05) is 25.1 Å². The van der Waals surface area contributed by atoms with E-state index in [1.54, 1.807) is 7.11 Å². The van der Waals surface area contributed by atoms with E-state index in [4.69, 9.17) is 4.74 Å². The van der Waals surface area contributed by atoms with Crippen LogP contribution in [-0.2, 0) is 9.59 Å². The van der Waals surface area contributed by atoms with E-state index in [0.29, 0.717) is 18.7 Å². The van der Waals surface area contributed by atoms with Crippen molar-refractivity contribution < 1.29 is 19.4 Å². The Morgan fingerprint density at radius 2 is 2.21 bits per heavy atom. The van der Waals surface area contributed by atoms with Crippen molar-refractivity contribution in [2.24, 2.45) is 5.92 Å². The van der Waals surface area contributed by atoms with Crippen LogP contribution >= 0.6 is 0 Å². The molecule has 1 aliphatic rings. The van der Waals surface area contributed by atoms with Gasteiger partial charge >= 0.3 is 5.97 Å². The van der Waals surface area contributed by atoms with E-state index >= 15 is 0 Å². The normalized spacial score (nSPS) is 22.7. The molecule has 5 heteroatoms. The van der Waals surface area contributed by atoms with Gasteiger partial charge in [-0.1, -0.05) is 18.2 Å². The van der Waals surface area contributed by atoms with Gasteiger partial charge in [0.15, 0.2) is 0 Å². The highest BCUT2D eigenvalue weighted by atomic mass is 16.5. The van der Waals surface area contributed by atoms with Gasteiger partial charge in [0.2, 0.25) is 5.91 Å². The van der Waals surface area contributed by atoms with Crippen LogP contribution in [0.3, 0.4) is 0 Å². The van der Waals surface area contributed by atoms with Crippen molar-refractivity contribution in [1.82, 2.24) is 5.32 Å². The Morgan fingerprint density at radius 3 is 2.84 bits per heavy atom. The third kappa shape index (κ3) is 2.41. The molecule has 1 saturated heterocycles. The van der Waals surface area contributed by atoms with Crippen molar-refractivity contribution in [3.63, 3.8) is 0 Å². The fraction of sp³-hybridized carbons (Fsp3) is 0.429. The van der Waals surface area contributed by atoms with Crippen molar-refractivity contribution in [1.29, 1.82) is 0 Å². The molecule has 2 unspecified atom stereocenters. The number of rotatable bonds is 3. The average Bonchev–Trinajstić information content (AvgIpc) is 2.37. The molecule has 5 nitrogen and oxygen atoms in total. The number of carbonyl (C=O) groups is 2. The van der Waals surface area contributed by atoms with Gasteiger partial charge in [-0.05, 0) is 24.5 Å². The number of hydrogen-bond donors (Lipinski definition) is 2. The Balaban J connectivity index is 2.46. The maximum Gasteiger partial charge on any atom is 0.316 e. The number of nitrogens with one attached hydrogen (secondary N) is 1. The van der Waals surface area contributed by atoms with Crippen molar-refractivity contribution in [2.45, 2.75) is 19.3 Å². The fourth-order valence-corrected chi connectivity index (χ4v) is 2.68. The quantitative estimate of drug-likeness (QED) is 0.806. The van der Waals surface area contributed by atoms with Gasteiger partial charge in [-0.3, -0.25) is 9.59 Å². The molecule has 0 aliphatic carbocycles. The largest absolute Gasteiger partial charge is 0.496 e. The first kappa shape index (κ1) is 13.4. The highest BCUT2D eigenvalue weighted by Gasteiger charge is 2.39. The number of piperidine rings is 1. The van der Waals surface area contributed by atoms with Crippen LogP contribution in [-0.4, -0.2) is 30.6 Å². The van der Waals surface area contributed by atoms with Crippen molar-refractivity contribution in [3.05, 3.63) is 29.3 Å². The molecule has 0 aromatic heterocycles. The van der Waals surface area contributed by atoms with E-state index < -0.39 is 17.8 Å². The maximum atomic E-state index is 11.8. The molecule has 1 aromatic rings. The molecule has 2 atom stereocenters. The lowest BCUT2D eigenvalue weighted by Gasteiger charge is -2.30. The molecule has 0 spiro atoms. The summed E-state index contributed by atoms with van der Waals surface area (Å²) in [6.45, 7) is 2.39. The first-order valence-electron chi connectivity index (χ1n) is 6.20. The number of carboxylic acid groups (broad SMARTS) is 1. The zero-order chi connectivity index (χ0) is 14.0. The van der Waals surface area contributed by atoms with Gasteiger partial charge < -0.3 is 15.2 Å². The van der Waals surface area contributed by atoms with Crippen molar-refractivity contribution in [3.8, 4) is 5.75 Å². The summed E-state index contributed by atoms with van der Waals surface area (Å²) in [5.74, 6) is -2.24. The summed E-state index contributed by atoms with van der Waals surface area (Å²) < 4.78 is 5.37. The molecule has 0 radical (unpaired) electrons. The van der Waals surface area contributed by atoms with Crippen molar-refractivity contribution >= 4 is 11.9 Å². The van der Waals surface area contributed by atoms with Gasteiger partial charge in [0.1, 0.15) is 11.7 Å². The standard InChI is InChI=1S/C14H17NO4/c1-8-4-3-5-10(12(8)19-2)9-6-7-15-13(16)11(9)14(17)18/h3-5,9,11H,6-7H2,1-2H3,(H,15,16)(H,17,18). The predicted octanol–water partition coefficient (Wildman–Crippen LogP) is 1.31. The number of ether oxygens (including phenoxy) is 1. The minimum atomic E-state index is -1.09. The first-order valence-corrected chi connectivity index (χ1v) is 6.20. The molecule has 1 fully saturated rings. The van der Waals surface area contributed by atoms with Gasteiger partial charge in [-0.15, -0.1) is 0 Å². The smallest absolute Gasteiger partial charge is 0.316 e. The first-order chi connectivity index (χ1) is 9.06. The Bertz CT molecular complexity index is 512. The van der Waals surface area contributed by atoms with Crippen LogP contribution in [0.2, 0.25) is 0 Å². The average molecular weight is 263 g/mol. The third-order valence-electron chi connectivity index (χ3n) is 3.55. The lowest BCUT2D eigenvalue weighted by atomic mass is 9.79. The molecular formula is C14H17NO4. The van der Waals surface area contributed by atoms with E-state index in [2.05, 4.69) is 5.32 Å². The van der Waals surface area contributed by atoms with Crippen molar-refractivity contribution in [2.75, 3.05) is 13.7 Å². The Labute approximate surface area is 111 Å². The summed E-state index contributed by atoms with van der Waals surface area (Å²) in [5.41, 5.74) is 1.74. The molecule has 102 valence electrons. The van der Waals surface area contributed by atoms with Crippen LogP contribution in [0, 0.1) is 12.8 Å². The number of amides is 1. The number of para-hydroxylation sites is 1. The number of carbonyl (C=O) groups excluding carboxylic acids is 1. The summed E-state index contributed by atoms with van der Waals surface area (Å²) in [4.78, 5) is 23.1. The zero-order valence-electron chi connectivity index (χ0n) is 11.0. The van der Waals surface area contributed by atoms with E-state index in [1.165, 1.54) is 0 Å². The highest BCUT2D eigenvalue weighted by molar-refractivity contribution is 5.98. The molecule has 2 rings (SSSR count). The third-order valence-corrected chi connectivity index (χ3v) is 3.55. The molecule has 1 aromatic carbocycles. The van der Waals surface area contributed by atoms with Crippen LogP contribution in [0.5, 0.6) is 5.75 Å². The highest BCUT2D eigenvalue weighted by Crippen LogP contribution is 2.38. The molecular weight excluding hydrogens is 246 g/mol. The second-order valence-electron chi connectivity index (χ2n) is 4.70. The Hall–Kier alpha value is -2.04. The number of methoxy groups -OCH3 is 1. The van der Waals surface area contributed by atoms with Crippen LogP contribution in [0.25, 0.3) is 0 Å². The molecule has 0 saturated carbocycles. The summed E-state index contributed by atoms with van der Waals surface area (Å²) in [6, 6.07) is 5.60. The maximum absolute atomic E-state index is 11.8. The predicted molar refractivity (Wildman–Crippen MR) is 69.2 cm³/mol. The number of aryl methyl sites for hydroxylation is 1. The van der Waals surface area contributed by atoms with Gasteiger partial charge in [0.05, 0.1) is 7.11 Å². The Morgan fingerprint density at radius 1 is 1.47 bits per heavy atom. The van der Waals surface area contributed by atoms with Crippen LogP contribution in [0.15, 0.2) is 18.2 Å². The number of aliphatic carboxylic acids is 1. The summed E-state index contributed by atoms with van der Waals surface area (Å²) in [5, 5.41) is 11.9. The summed E-state index contributed by atoms with van der Waals surface area (Å²) >= 11 is 0. The van der Waals surface area contributed by atoms with Gasteiger partial charge in [0.25, 0.3) is 0 Å². The molecule has 1 aliphatic heterocycles. The number of carboxylic acids is 1. The van der Waals surface area contributed by atoms with E-state index in [0.717, 1.165) is 11.1 Å². The van der Waals surface area contributed by atoms with Crippen LogP contribution in [0.1, 0.15) is 23.5 Å². The number of hydrogen-bond acceptors (Lipinski definition) is 3. The number of benzene rings is 1. The molecule has 1 amide bonds. The van der Waals surface area contributed by atoms with Crippen LogP contribution < -0.4 is 10.1 Å². The Kier molecular flexibility index (Phi) is 3.74. The lowest BCUT2D eigenvalue weighted by Crippen LogP contribution is -2.44. The van der Waals surface area contributed by atoms with Gasteiger partial charge in [0, 0.05) is 12.5 Å². The SMILES string of the molecule is COc1c(C)cccc1C1CCNC(=O)C1C(=O)O. The minimum absolute atomic E-state index is 0.346. The lowest BCUT2D eigenvalue weighted by molar-refractivity contribution is -0.149. The van der Waals surface area contributed by atoms with E-state index in [-0.39, 0.29) is 5.92 Å². The second-order valence-corrected chi connectivity index (χ2v) is 4.70. The molecule has 19 heavy (non-hydrogen) atoms. The van der Waals surface area contributed by atoms with Gasteiger partial charge in [-0.25, -0.2) is 0 Å². The summed E-state index contributed by atoms with van der Waals surface area (Å²) in [6.07, 6.45) is 0.600. The van der Waals surface area contributed by atoms with Gasteiger partial charge in [-0.2, -0.15) is 0 Å². The second kappa shape index (κ2) is 5.30. The van der Waals surface area contributed by atoms with Crippen LogP contribution in [0.4, 0.5) is 0 Å². The molecule has 1 heterocycles.